The van der Waals surface area contributed by atoms with Gasteiger partial charge in [-0.2, -0.15) is 26.3 Å². The quantitative estimate of drug-likeness (QED) is 0.0609. The standard InChI is InChI=1S/C22H25F3N2O6S.C21H24F3N3O6S/c1-31-21(28)20(26-11-13-32-14-12-26)15-27(34(2,29)30)17-5-9-19(10-6-17)33-18-7-3-16(4-8-18)22(23,24)25;1-34(30,31)27(14-19(20(28)25-29)26-10-12-32-13-11-26)16-4-8-18(9-5-16)33-17-6-2-15(3-7-17)21(22,23)24/h3-10,20H,11-15H2,1-2H3;2-9,19,29H,10-14H2,1H3,(H,25,28)/t20-;19-/m00/s1. The number of morpholine rings is 2. The van der Waals surface area contributed by atoms with Crippen molar-refractivity contribution in [3.8, 4) is 23.0 Å². The molecule has 372 valence electrons. The van der Waals surface area contributed by atoms with E-state index in [4.69, 9.17) is 28.9 Å². The zero-order chi connectivity index (χ0) is 49.9. The molecular weight excluding hydrogens is 957 g/mol. The predicted molar refractivity (Wildman–Crippen MR) is 235 cm³/mol. The Labute approximate surface area is 388 Å². The molecule has 0 saturated carbocycles. The molecule has 25 heteroatoms. The molecule has 6 rings (SSSR count). The average molecular weight is 1010 g/mol. The Morgan fingerprint density at radius 2 is 0.912 bits per heavy atom. The van der Waals surface area contributed by atoms with Crippen molar-refractivity contribution < 1.29 is 81.7 Å². The number of anilines is 2. The highest BCUT2D eigenvalue weighted by atomic mass is 32.2. The lowest BCUT2D eigenvalue weighted by Gasteiger charge is -2.36. The van der Waals surface area contributed by atoms with Gasteiger partial charge in [0.2, 0.25) is 20.0 Å². The van der Waals surface area contributed by atoms with E-state index >= 15 is 0 Å². The van der Waals surface area contributed by atoms with Gasteiger partial charge in [0.1, 0.15) is 35.1 Å². The van der Waals surface area contributed by atoms with Crippen LogP contribution in [0.4, 0.5) is 37.7 Å². The number of carbonyl (C=O) groups is 2. The van der Waals surface area contributed by atoms with Crippen molar-refractivity contribution >= 4 is 43.3 Å². The summed E-state index contributed by atoms with van der Waals surface area (Å²) >= 11 is 0. The van der Waals surface area contributed by atoms with Crippen LogP contribution in [-0.2, 0) is 56.2 Å². The summed E-state index contributed by atoms with van der Waals surface area (Å²) in [6.07, 6.45) is -6.88. The molecule has 0 aromatic heterocycles. The number of hydroxylamine groups is 1. The van der Waals surface area contributed by atoms with Crippen molar-refractivity contribution in [1.82, 2.24) is 15.3 Å². The first-order chi connectivity index (χ1) is 32.0. The van der Waals surface area contributed by atoms with Crippen LogP contribution in [0.3, 0.4) is 0 Å². The van der Waals surface area contributed by atoms with Crippen LogP contribution in [-0.4, -0.2) is 141 Å². The summed E-state index contributed by atoms with van der Waals surface area (Å²) in [5.74, 6) is -0.369. The lowest BCUT2D eigenvalue weighted by molar-refractivity contribution is -0.148. The van der Waals surface area contributed by atoms with E-state index < -0.39 is 67.5 Å². The van der Waals surface area contributed by atoms with Crippen LogP contribution in [0, 0.1) is 0 Å². The maximum atomic E-state index is 12.7. The van der Waals surface area contributed by atoms with Crippen LogP contribution in [0.1, 0.15) is 11.1 Å². The summed E-state index contributed by atoms with van der Waals surface area (Å²) in [5, 5.41) is 9.16. The van der Waals surface area contributed by atoms with Crippen molar-refractivity contribution in [2.45, 2.75) is 24.4 Å². The monoisotopic (exact) mass is 1010 g/mol. The number of nitrogens with zero attached hydrogens (tertiary/aromatic N) is 4. The topological polar surface area (TPSA) is 194 Å². The van der Waals surface area contributed by atoms with Gasteiger partial charge in [-0.1, -0.05) is 0 Å². The van der Waals surface area contributed by atoms with Gasteiger partial charge in [-0.15, -0.1) is 0 Å². The van der Waals surface area contributed by atoms with Crippen LogP contribution >= 0.6 is 0 Å². The Balaban J connectivity index is 0.000000254. The minimum Gasteiger partial charge on any atom is -0.468 e. The van der Waals surface area contributed by atoms with Gasteiger partial charge in [-0.05, 0) is 97.1 Å². The number of alkyl halides is 6. The molecule has 0 bridgehead atoms. The van der Waals surface area contributed by atoms with Gasteiger partial charge in [0.25, 0.3) is 5.91 Å². The molecule has 2 fully saturated rings. The number of hydrogen-bond donors (Lipinski definition) is 2. The molecule has 0 spiro atoms. The molecule has 68 heavy (non-hydrogen) atoms. The number of carbonyl (C=O) groups excluding carboxylic acids is 2. The molecule has 4 aromatic rings. The van der Waals surface area contributed by atoms with E-state index in [1.165, 1.54) is 79.9 Å². The number of sulfonamides is 2. The highest BCUT2D eigenvalue weighted by Gasteiger charge is 2.35. The summed E-state index contributed by atoms with van der Waals surface area (Å²) in [6, 6.07) is 18.4. The van der Waals surface area contributed by atoms with Crippen LogP contribution in [0.2, 0.25) is 0 Å². The molecule has 17 nitrogen and oxygen atoms in total. The number of amides is 1. The van der Waals surface area contributed by atoms with Crippen molar-refractivity contribution in [1.29, 1.82) is 0 Å². The molecule has 2 N–H and O–H groups in total. The molecule has 2 heterocycles. The zero-order valence-electron chi connectivity index (χ0n) is 36.8. The predicted octanol–water partition coefficient (Wildman–Crippen LogP) is 5.61. The van der Waals surface area contributed by atoms with E-state index in [1.807, 2.05) is 4.90 Å². The highest BCUT2D eigenvalue weighted by molar-refractivity contribution is 7.92. The van der Waals surface area contributed by atoms with Gasteiger partial charge in [-0.3, -0.25) is 33.2 Å². The molecular formula is C43H49F6N5O12S2. The van der Waals surface area contributed by atoms with E-state index in [0.29, 0.717) is 64.0 Å². The molecule has 0 unspecified atom stereocenters. The zero-order valence-corrected chi connectivity index (χ0v) is 38.4. The molecule has 0 radical (unpaired) electrons. The van der Waals surface area contributed by atoms with Crippen molar-refractivity contribution in [3.63, 3.8) is 0 Å². The molecule has 2 aliphatic rings. The number of methoxy groups -OCH3 is 1. The van der Waals surface area contributed by atoms with E-state index in [9.17, 15) is 52.8 Å². The normalized spacial score (nSPS) is 16.0. The summed E-state index contributed by atoms with van der Waals surface area (Å²) < 4.78 is 155. The fraction of sp³-hybridized carbons (Fsp3) is 0.395. The minimum atomic E-state index is -4.46. The number of halogens is 6. The van der Waals surface area contributed by atoms with E-state index in [1.54, 1.807) is 10.4 Å². The average Bonchev–Trinajstić information content (AvgIpc) is 3.30. The van der Waals surface area contributed by atoms with Crippen LogP contribution in [0.15, 0.2) is 97.1 Å². The summed E-state index contributed by atoms with van der Waals surface area (Å²) in [6.45, 7) is 2.83. The maximum Gasteiger partial charge on any atom is 0.416 e. The third-order valence-corrected chi connectivity index (χ3v) is 12.7. The molecule has 2 aliphatic heterocycles. The third kappa shape index (κ3) is 15.2. The smallest absolute Gasteiger partial charge is 0.416 e. The van der Waals surface area contributed by atoms with Gasteiger partial charge in [0.05, 0.1) is 81.6 Å². The van der Waals surface area contributed by atoms with Crippen LogP contribution in [0.25, 0.3) is 0 Å². The summed E-state index contributed by atoms with van der Waals surface area (Å²) in [4.78, 5) is 28.3. The first-order valence-electron chi connectivity index (χ1n) is 20.5. The second-order valence-electron chi connectivity index (χ2n) is 15.2. The maximum absolute atomic E-state index is 12.7. The summed E-state index contributed by atoms with van der Waals surface area (Å²) in [5.41, 5.74) is 0.528. The number of nitrogens with one attached hydrogen (secondary N) is 1. The Kier molecular flexibility index (Phi) is 18.1. The largest absolute Gasteiger partial charge is 0.468 e. The second-order valence-corrected chi connectivity index (χ2v) is 19.0. The molecule has 4 aromatic carbocycles. The Morgan fingerprint density at radius 3 is 1.21 bits per heavy atom. The first-order valence-corrected chi connectivity index (χ1v) is 24.2. The number of esters is 1. The van der Waals surface area contributed by atoms with Gasteiger partial charge in [-0.25, -0.2) is 22.3 Å². The fourth-order valence-electron chi connectivity index (χ4n) is 6.93. The number of benzene rings is 4. The third-order valence-electron chi connectivity index (χ3n) is 10.4. The minimum absolute atomic E-state index is 0.162. The summed E-state index contributed by atoms with van der Waals surface area (Å²) in [7, 11) is -6.34. The second kappa shape index (κ2) is 23.1. The molecule has 0 aliphatic carbocycles. The van der Waals surface area contributed by atoms with E-state index in [0.717, 1.165) is 45.4 Å². The lowest BCUT2D eigenvalue weighted by atomic mass is 10.2. The van der Waals surface area contributed by atoms with Crippen molar-refractivity contribution in [2.24, 2.45) is 0 Å². The van der Waals surface area contributed by atoms with E-state index in [2.05, 4.69) is 0 Å². The van der Waals surface area contributed by atoms with Gasteiger partial charge in [0, 0.05) is 26.2 Å². The van der Waals surface area contributed by atoms with Gasteiger partial charge < -0.3 is 23.7 Å². The first kappa shape index (κ1) is 53.3. The lowest BCUT2D eigenvalue weighted by Crippen LogP contribution is -2.56. The van der Waals surface area contributed by atoms with Crippen LogP contribution in [0.5, 0.6) is 23.0 Å². The Morgan fingerprint density at radius 1 is 0.603 bits per heavy atom. The van der Waals surface area contributed by atoms with Crippen LogP contribution < -0.4 is 23.6 Å². The number of rotatable bonds is 16. The van der Waals surface area contributed by atoms with Gasteiger partial charge in [0.15, 0.2) is 0 Å². The molecule has 1 amide bonds. The number of hydrogen-bond acceptors (Lipinski definition) is 14. The fourth-order valence-corrected chi connectivity index (χ4v) is 8.76. The van der Waals surface area contributed by atoms with Crippen molar-refractivity contribution in [3.05, 3.63) is 108 Å². The number of ether oxygens (including phenoxy) is 5. The Hall–Kier alpha value is -5.70. The molecule has 2 saturated heterocycles. The Bertz CT molecular complexity index is 2320. The molecule has 2 atom stereocenters. The van der Waals surface area contributed by atoms with Crippen molar-refractivity contribution in [2.75, 3.05) is 93.9 Å². The van der Waals surface area contributed by atoms with E-state index in [-0.39, 0.29) is 36.0 Å². The SMILES string of the molecule is COC(=O)[C@H](CN(c1ccc(Oc2ccc(C(F)(F)F)cc2)cc1)S(C)(=O)=O)N1CCOCC1.CS(=O)(=O)N(C[C@@H](C(=O)NO)N1CCOCC1)c1ccc(Oc2ccc(C(F)(F)F)cc2)cc1. The highest BCUT2D eigenvalue weighted by Crippen LogP contribution is 2.34. The van der Waals surface area contributed by atoms with Gasteiger partial charge >= 0.3 is 18.3 Å².